The fourth-order valence-electron chi connectivity index (χ4n) is 2.42. The summed E-state index contributed by atoms with van der Waals surface area (Å²) in [5, 5.41) is 9.80. The minimum absolute atomic E-state index is 0.256. The zero-order chi connectivity index (χ0) is 16.4. The van der Waals surface area contributed by atoms with Crippen molar-refractivity contribution in [2.75, 3.05) is 13.2 Å². The van der Waals surface area contributed by atoms with Gasteiger partial charge in [-0.1, -0.05) is 77.1 Å². The molecule has 0 bridgehead atoms. The van der Waals surface area contributed by atoms with Gasteiger partial charge in [0, 0.05) is 22.8 Å². The van der Waals surface area contributed by atoms with Crippen molar-refractivity contribution in [1.82, 2.24) is 0 Å². The molecule has 0 rings (SSSR count). The van der Waals surface area contributed by atoms with Gasteiger partial charge in [-0.3, -0.25) is 0 Å². The quantitative estimate of drug-likeness (QED) is 0.362. The van der Waals surface area contributed by atoms with E-state index in [1.165, 1.54) is 37.4 Å². The summed E-state index contributed by atoms with van der Waals surface area (Å²) in [4.78, 5) is 0. The molecule has 0 radical (unpaired) electrons. The minimum atomic E-state index is -1.02. The fraction of sp³-hybridized carbons (Fsp3) is 1.00. The largest absolute Gasteiger partial charge is 0.391 e. The smallest absolute Gasteiger partial charge is 0.0773 e. The third kappa shape index (κ3) is 15.0. The van der Waals surface area contributed by atoms with Crippen molar-refractivity contribution in [3.8, 4) is 0 Å². The SMILES string of the molecule is CCCCCC(O)COCCC[Si](C)(C)CC[Si](C)(C)C. The Balaban J connectivity index is 3.60. The van der Waals surface area contributed by atoms with Crippen molar-refractivity contribution < 1.29 is 9.84 Å². The van der Waals surface area contributed by atoms with Crippen LogP contribution in [0.4, 0.5) is 0 Å². The first kappa shape index (κ1) is 21.4. The number of ether oxygens (including phenoxy) is 1. The maximum Gasteiger partial charge on any atom is 0.0773 e. The molecule has 0 heterocycles. The lowest BCUT2D eigenvalue weighted by atomic mass is 10.1. The van der Waals surface area contributed by atoms with Crippen molar-refractivity contribution in [1.29, 1.82) is 0 Å². The van der Waals surface area contributed by atoms with E-state index in [1.807, 2.05) is 0 Å². The van der Waals surface area contributed by atoms with E-state index in [1.54, 1.807) is 0 Å². The van der Waals surface area contributed by atoms with E-state index in [4.69, 9.17) is 4.74 Å². The van der Waals surface area contributed by atoms with Gasteiger partial charge in [-0.05, 0) is 12.8 Å². The lowest BCUT2D eigenvalue weighted by Gasteiger charge is -2.26. The van der Waals surface area contributed by atoms with E-state index in [0.29, 0.717) is 6.61 Å². The zero-order valence-electron chi connectivity index (χ0n) is 15.5. The summed E-state index contributed by atoms with van der Waals surface area (Å²) in [6.07, 6.45) is 5.36. The molecule has 4 heteroatoms. The highest BCUT2D eigenvalue weighted by Gasteiger charge is 2.23. The molecule has 0 aromatic heterocycles. The Kier molecular flexibility index (Phi) is 11.2. The Bertz CT molecular complexity index is 250. The molecule has 0 aliphatic rings. The highest BCUT2D eigenvalue weighted by molar-refractivity contribution is 6.82. The van der Waals surface area contributed by atoms with Crippen LogP contribution in [-0.4, -0.2) is 40.6 Å². The molecule has 1 N–H and O–H groups in total. The summed E-state index contributed by atoms with van der Waals surface area (Å²) < 4.78 is 5.65. The molecule has 128 valence electrons. The maximum absolute atomic E-state index is 9.80. The van der Waals surface area contributed by atoms with Crippen molar-refractivity contribution >= 4 is 16.1 Å². The number of aliphatic hydroxyl groups is 1. The lowest BCUT2D eigenvalue weighted by Crippen LogP contribution is -2.30. The van der Waals surface area contributed by atoms with Crippen LogP contribution in [-0.2, 0) is 4.74 Å². The van der Waals surface area contributed by atoms with Gasteiger partial charge in [-0.2, -0.15) is 0 Å². The van der Waals surface area contributed by atoms with Crippen LogP contribution in [0.3, 0.4) is 0 Å². The van der Waals surface area contributed by atoms with E-state index in [0.717, 1.165) is 19.4 Å². The first-order chi connectivity index (χ1) is 9.66. The maximum atomic E-state index is 9.80. The highest BCUT2D eigenvalue weighted by atomic mass is 28.3. The van der Waals surface area contributed by atoms with Crippen molar-refractivity contribution in [3.05, 3.63) is 0 Å². The van der Waals surface area contributed by atoms with Crippen molar-refractivity contribution in [3.63, 3.8) is 0 Å². The van der Waals surface area contributed by atoms with Gasteiger partial charge in [0.15, 0.2) is 0 Å². The van der Waals surface area contributed by atoms with Gasteiger partial charge in [0.2, 0.25) is 0 Å². The third-order valence-electron chi connectivity index (χ3n) is 4.15. The van der Waals surface area contributed by atoms with Crippen LogP contribution < -0.4 is 0 Å². The number of hydrogen-bond donors (Lipinski definition) is 1. The molecular weight excluding hydrogens is 292 g/mol. The Labute approximate surface area is 135 Å². The van der Waals surface area contributed by atoms with Crippen molar-refractivity contribution in [2.24, 2.45) is 0 Å². The molecule has 1 unspecified atom stereocenters. The Hall–Kier alpha value is 0.354. The van der Waals surface area contributed by atoms with E-state index in [2.05, 4.69) is 39.7 Å². The van der Waals surface area contributed by atoms with Crippen LogP contribution in [0, 0.1) is 0 Å². The molecule has 0 aromatic rings. The van der Waals surface area contributed by atoms with E-state index >= 15 is 0 Å². The summed E-state index contributed by atoms with van der Waals surface area (Å²) >= 11 is 0. The second kappa shape index (κ2) is 11.0. The Morgan fingerprint density at radius 2 is 1.57 bits per heavy atom. The van der Waals surface area contributed by atoms with Gasteiger partial charge in [0.1, 0.15) is 0 Å². The molecule has 2 nitrogen and oxygen atoms in total. The Morgan fingerprint density at radius 1 is 0.905 bits per heavy atom. The van der Waals surface area contributed by atoms with Crippen LogP contribution in [0.5, 0.6) is 0 Å². The summed E-state index contributed by atoms with van der Waals surface area (Å²) in [5.74, 6) is 0. The summed E-state index contributed by atoms with van der Waals surface area (Å²) in [5.41, 5.74) is 0. The minimum Gasteiger partial charge on any atom is -0.391 e. The highest BCUT2D eigenvalue weighted by Crippen LogP contribution is 2.24. The Morgan fingerprint density at radius 3 is 2.14 bits per heavy atom. The number of rotatable bonds is 13. The first-order valence-corrected chi connectivity index (χ1v) is 16.0. The predicted octanol–water partition coefficient (Wildman–Crippen LogP) is 5.38. The molecular formula is C17H40O2Si2. The molecule has 0 aliphatic heterocycles. The molecule has 0 saturated heterocycles. The van der Waals surface area contributed by atoms with Crippen molar-refractivity contribution in [2.45, 2.75) is 96.0 Å². The topological polar surface area (TPSA) is 29.5 Å². The van der Waals surface area contributed by atoms with E-state index in [-0.39, 0.29) is 6.10 Å². The number of unbranched alkanes of at least 4 members (excludes halogenated alkanes) is 2. The molecule has 0 fully saturated rings. The van der Waals surface area contributed by atoms with Gasteiger partial charge in [0.05, 0.1) is 12.7 Å². The summed E-state index contributed by atoms with van der Waals surface area (Å²) in [6.45, 7) is 16.0. The van der Waals surface area contributed by atoms with Crippen LogP contribution in [0.25, 0.3) is 0 Å². The van der Waals surface area contributed by atoms with Crippen LogP contribution in [0.2, 0.25) is 50.9 Å². The second-order valence-electron chi connectivity index (χ2n) is 8.55. The predicted molar refractivity (Wildman–Crippen MR) is 101 cm³/mol. The molecule has 21 heavy (non-hydrogen) atoms. The van der Waals surface area contributed by atoms with E-state index in [9.17, 15) is 5.11 Å². The van der Waals surface area contributed by atoms with Gasteiger partial charge in [-0.25, -0.2) is 0 Å². The first-order valence-electron chi connectivity index (χ1n) is 8.92. The average molecular weight is 333 g/mol. The molecule has 0 saturated carbocycles. The normalized spacial score (nSPS) is 14.4. The standard InChI is InChI=1S/C17H40O2Si2/c1-7-8-9-11-17(18)16-19-12-10-13-21(5,6)15-14-20(2,3)4/h17-18H,7-16H2,1-6H3. The molecule has 0 aliphatic carbocycles. The van der Waals surface area contributed by atoms with E-state index < -0.39 is 16.1 Å². The van der Waals surface area contributed by atoms with Gasteiger partial charge in [0.25, 0.3) is 0 Å². The number of aliphatic hydroxyl groups excluding tert-OH is 1. The molecule has 1 atom stereocenters. The van der Waals surface area contributed by atoms with Gasteiger partial charge < -0.3 is 9.84 Å². The third-order valence-corrected chi connectivity index (χ3v) is 9.71. The summed E-state index contributed by atoms with van der Waals surface area (Å²) in [7, 11) is -1.91. The molecule has 0 aromatic carbocycles. The molecule has 0 amide bonds. The van der Waals surface area contributed by atoms with Crippen LogP contribution in [0.15, 0.2) is 0 Å². The van der Waals surface area contributed by atoms with Crippen LogP contribution >= 0.6 is 0 Å². The number of hydrogen-bond acceptors (Lipinski definition) is 2. The molecule has 0 spiro atoms. The van der Waals surface area contributed by atoms with Gasteiger partial charge >= 0.3 is 0 Å². The summed E-state index contributed by atoms with van der Waals surface area (Å²) in [6, 6.07) is 4.31. The van der Waals surface area contributed by atoms with Crippen LogP contribution in [0.1, 0.15) is 39.0 Å². The second-order valence-corrected chi connectivity index (χ2v) is 19.5. The van der Waals surface area contributed by atoms with Gasteiger partial charge in [-0.15, -0.1) is 0 Å². The average Bonchev–Trinajstić information content (AvgIpc) is 2.36. The monoisotopic (exact) mass is 332 g/mol. The lowest BCUT2D eigenvalue weighted by molar-refractivity contribution is 0.0315. The zero-order valence-corrected chi connectivity index (χ0v) is 17.5. The fourth-order valence-corrected chi connectivity index (χ4v) is 9.48.